The maximum atomic E-state index is 6.18. The van der Waals surface area contributed by atoms with Crippen molar-refractivity contribution >= 4 is 0 Å². The summed E-state index contributed by atoms with van der Waals surface area (Å²) in [5.74, 6) is 0. The molecule has 0 saturated heterocycles. The number of unbranched alkanes of at least 4 members (excludes halogenated alkanes) is 1. The minimum Gasteiger partial charge on any atom is -0.327 e. The molecule has 0 aromatic carbocycles. The van der Waals surface area contributed by atoms with Gasteiger partial charge in [0.25, 0.3) is 0 Å². The van der Waals surface area contributed by atoms with Crippen molar-refractivity contribution in [2.24, 2.45) is 11.1 Å². The molecule has 0 aromatic rings. The molecule has 1 unspecified atom stereocenters. The lowest BCUT2D eigenvalue weighted by molar-refractivity contribution is 0.122. The molecule has 2 heteroatoms. The van der Waals surface area contributed by atoms with Crippen LogP contribution in [-0.2, 0) is 0 Å². The average molecular weight is 240 g/mol. The number of nitrogens with zero attached hydrogens (tertiary/aromatic N) is 1. The van der Waals surface area contributed by atoms with E-state index in [4.69, 9.17) is 5.73 Å². The molecule has 1 atom stereocenters. The normalized spacial score (nSPS) is 22.9. The summed E-state index contributed by atoms with van der Waals surface area (Å²) >= 11 is 0. The zero-order valence-electron chi connectivity index (χ0n) is 12.3. The predicted molar refractivity (Wildman–Crippen MR) is 76.2 cm³/mol. The van der Waals surface area contributed by atoms with Crippen LogP contribution in [0.3, 0.4) is 0 Å². The van der Waals surface area contributed by atoms with Gasteiger partial charge in [-0.1, -0.05) is 33.6 Å². The third-order valence-corrected chi connectivity index (χ3v) is 4.38. The average Bonchev–Trinajstić information content (AvgIpc) is 2.26. The predicted octanol–water partition coefficient (Wildman–Crippen LogP) is 3.40. The van der Waals surface area contributed by atoms with Crippen LogP contribution in [-0.4, -0.2) is 30.6 Å². The lowest BCUT2D eigenvalue weighted by Crippen LogP contribution is -2.43. The second kappa shape index (κ2) is 6.75. The molecule has 1 fully saturated rings. The molecule has 0 amide bonds. The van der Waals surface area contributed by atoms with E-state index < -0.39 is 0 Å². The minimum atomic E-state index is 0.370. The van der Waals surface area contributed by atoms with E-state index in [9.17, 15) is 0 Å². The maximum Gasteiger partial charge on any atom is 0.0167 e. The van der Waals surface area contributed by atoms with Gasteiger partial charge in [-0.05, 0) is 44.6 Å². The van der Waals surface area contributed by atoms with Crippen LogP contribution < -0.4 is 5.73 Å². The molecule has 0 bridgehead atoms. The standard InChI is InChI=1S/C15H32N2/c1-5-6-7-13(16)12-17(4)14-8-10-15(2,3)11-9-14/h13-14H,5-12,16H2,1-4H3. The Morgan fingerprint density at radius 1 is 1.29 bits per heavy atom. The number of nitrogens with two attached hydrogens (primary N) is 1. The van der Waals surface area contributed by atoms with Crippen LogP contribution >= 0.6 is 0 Å². The van der Waals surface area contributed by atoms with Crippen molar-refractivity contribution in [1.29, 1.82) is 0 Å². The molecule has 17 heavy (non-hydrogen) atoms. The molecule has 0 heterocycles. The van der Waals surface area contributed by atoms with Crippen molar-refractivity contribution in [2.45, 2.75) is 77.8 Å². The summed E-state index contributed by atoms with van der Waals surface area (Å²) in [6.45, 7) is 8.11. The Morgan fingerprint density at radius 3 is 2.41 bits per heavy atom. The number of hydrogen-bond acceptors (Lipinski definition) is 2. The molecule has 0 aromatic heterocycles. The monoisotopic (exact) mass is 240 g/mol. The number of likely N-dealkylation sites (N-methyl/N-ethyl adjacent to an activating group) is 1. The van der Waals surface area contributed by atoms with Crippen molar-refractivity contribution in [1.82, 2.24) is 4.90 Å². The van der Waals surface area contributed by atoms with Gasteiger partial charge in [0.2, 0.25) is 0 Å². The summed E-state index contributed by atoms with van der Waals surface area (Å²) in [5.41, 5.74) is 6.75. The second-order valence-electron chi connectivity index (χ2n) is 6.74. The van der Waals surface area contributed by atoms with Gasteiger partial charge in [-0.3, -0.25) is 0 Å². The van der Waals surface area contributed by atoms with Crippen molar-refractivity contribution in [2.75, 3.05) is 13.6 Å². The molecular weight excluding hydrogens is 208 g/mol. The van der Waals surface area contributed by atoms with Crippen LogP contribution in [0.2, 0.25) is 0 Å². The highest BCUT2D eigenvalue weighted by molar-refractivity contribution is 4.83. The largest absolute Gasteiger partial charge is 0.327 e. The first-order valence-corrected chi connectivity index (χ1v) is 7.40. The zero-order chi connectivity index (χ0) is 12.9. The van der Waals surface area contributed by atoms with Gasteiger partial charge in [0.15, 0.2) is 0 Å². The van der Waals surface area contributed by atoms with Gasteiger partial charge in [0.05, 0.1) is 0 Å². The van der Waals surface area contributed by atoms with E-state index in [2.05, 4.69) is 32.7 Å². The maximum absolute atomic E-state index is 6.18. The third kappa shape index (κ3) is 5.39. The van der Waals surface area contributed by atoms with Crippen LogP contribution in [0.5, 0.6) is 0 Å². The Morgan fingerprint density at radius 2 is 1.88 bits per heavy atom. The molecule has 2 nitrogen and oxygen atoms in total. The Bertz CT molecular complexity index is 203. The minimum absolute atomic E-state index is 0.370. The number of hydrogen-bond donors (Lipinski definition) is 1. The first-order chi connectivity index (χ1) is 7.94. The van der Waals surface area contributed by atoms with E-state index in [1.165, 1.54) is 44.9 Å². The van der Waals surface area contributed by atoms with Crippen molar-refractivity contribution in [3.05, 3.63) is 0 Å². The fourth-order valence-corrected chi connectivity index (χ4v) is 2.90. The lowest BCUT2D eigenvalue weighted by atomic mass is 9.75. The van der Waals surface area contributed by atoms with Crippen molar-refractivity contribution < 1.29 is 0 Å². The molecule has 1 aliphatic rings. The highest BCUT2D eigenvalue weighted by Crippen LogP contribution is 2.36. The van der Waals surface area contributed by atoms with Gasteiger partial charge in [-0.15, -0.1) is 0 Å². The van der Waals surface area contributed by atoms with Crippen LogP contribution in [0.25, 0.3) is 0 Å². The Balaban J connectivity index is 2.26. The van der Waals surface area contributed by atoms with E-state index in [0.717, 1.165) is 12.6 Å². The molecule has 0 aliphatic heterocycles. The molecular formula is C15H32N2. The van der Waals surface area contributed by atoms with Crippen LogP contribution in [0, 0.1) is 5.41 Å². The fraction of sp³-hybridized carbons (Fsp3) is 1.00. The van der Waals surface area contributed by atoms with E-state index in [1.54, 1.807) is 0 Å². The Hall–Kier alpha value is -0.0800. The zero-order valence-corrected chi connectivity index (χ0v) is 12.3. The van der Waals surface area contributed by atoms with Crippen LogP contribution in [0.4, 0.5) is 0 Å². The van der Waals surface area contributed by atoms with Crippen molar-refractivity contribution in [3.63, 3.8) is 0 Å². The second-order valence-corrected chi connectivity index (χ2v) is 6.74. The molecule has 0 spiro atoms. The van der Waals surface area contributed by atoms with Gasteiger partial charge in [-0.25, -0.2) is 0 Å². The lowest BCUT2D eigenvalue weighted by Gasteiger charge is -2.39. The summed E-state index contributed by atoms with van der Waals surface area (Å²) in [6, 6.07) is 1.14. The Kier molecular flexibility index (Phi) is 5.94. The topological polar surface area (TPSA) is 29.3 Å². The first kappa shape index (κ1) is 15.0. The summed E-state index contributed by atoms with van der Waals surface area (Å²) in [6.07, 6.45) is 9.15. The SMILES string of the molecule is CCCCC(N)CN(C)C1CCC(C)(C)CC1. The summed E-state index contributed by atoms with van der Waals surface area (Å²) in [5, 5.41) is 0. The molecule has 1 rings (SSSR count). The van der Waals surface area contributed by atoms with E-state index in [-0.39, 0.29) is 0 Å². The smallest absolute Gasteiger partial charge is 0.0167 e. The summed E-state index contributed by atoms with van der Waals surface area (Å²) < 4.78 is 0. The molecule has 2 N–H and O–H groups in total. The molecule has 0 radical (unpaired) electrons. The summed E-state index contributed by atoms with van der Waals surface area (Å²) in [7, 11) is 2.26. The fourth-order valence-electron chi connectivity index (χ4n) is 2.90. The number of rotatable bonds is 6. The summed E-state index contributed by atoms with van der Waals surface area (Å²) in [4.78, 5) is 2.51. The van der Waals surface area contributed by atoms with E-state index in [1.807, 2.05) is 0 Å². The third-order valence-electron chi connectivity index (χ3n) is 4.38. The van der Waals surface area contributed by atoms with Gasteiger partial charge in [0.1, 0.15) is 0 Å². The molecule has 102 valence electrons. The van der Waals surface area contributed by atoms with Gasteiger partial charge < -0.3 is 10.6 Å². The van der Waals surface area contributed by atoms with Crippen LogP contribution in [0.1, 0.15) is 65.7 Å². The van der Waals surface area contributed by atoms with Gasteiger partial charge >= 0.3 is 0 Å². The van der Waals surface area contributed by atoms with Gasteiger partial charge in [-0.2, -0.15) is 0 Å². The molecule has 1 aliphatic carbocycles. The highest BCUT2D eigenvalue weighted by atomic mass is 15.1. The van der Waals surface area contributed by atoms with Crippen molar-refractivity contribution in [3.8, 4) is 0 Å². The van der Waals surface area contributed by atoms with Gasteiger partial charge in [0, 0.05) is 18.6 Å². The van der Waals surface area contributed by atoms with E-state index in [0.29, 0.717) is 11.5 Å². The highest BCUT2D eigenvalue weighted by Gasteiger charge is 2.28. The quantitative estimate of drug-likeness (QED) is 0.771. The first-order valence-electron chi connectivity index (χ1n) is 7.40. The Labute approximate surface area is 108 Å². The van der Waals surface area contributed by atoms with E-state index >= 15 is 0 Å². The molecule has 1 saturated carbocycles. The van der Waals surface area contributed by atoms with Crippen LogP contribution in [0.15, 0.2) is 0 Å².